The van der Waals surface area contributed by atoms with Gasteiger partial charge in [-0.15, -0.1) is 0 Å². The largest absolute Gasteiger partial charge is 0.455 e. The van der Waals surface area contributed by atoms with E-state index in [1.54, 1.807) is 0 Å². The van der Waals surface area contributed by atoms with Crippen molar-refractivity contribution in [1.82, 2.24) is 14.9 Å². The lowest BCUT2D eigenvalue weighted by Crippen LogP contribution is -2.27. The Kier molecular flexibility index (Phi) is 7.67. The number of aromatic nitrogens is 2. The fourth-order valence-electron chi connectivity index (χ4n) is 8.13. The van der Waals surface area contributed by atoms with Crippen LogP contribution >= 0.6 is 0 Å². The molecule has 11 rings (SSSR count). The lowest BCUT2D eigenvalue weighted by Gasteiger charge is -2.33. The first-order valence-corrected chi connectivity index (χ1v) is 19.1. The van der Waals surface area contributed by atoms with Crippen molar-refractivity contribution in [1.29, 1.82) is 0 Å². The molecule has 270 valence electrons. The van der Waals surface area contributed by atoms with E-state index >= 15 is 0 Å². The summed E-state index contributed by atoms with van der Waals surface area (Å²) in [6.07, 6.45) is 1.98. The first-order chi connectivity index (χ1) is 28.2. The Balaban J connectivity index is 1.06. The standard InChI is InChI=1S/C51H34N4O2/c1-55-45(30-43(33-18-8-3-9-19-33)54-51(55)35-22-12-5-13-23-35)39-27-15-25-37-41-28-40-36-24-14-26-38(48(36)56-46(40)31-47(41)57-49(37)39)44-29-42(32-16-6-2-7-17-32)52-50(53-44)34-20-10-4-11-21-34/h2-31,51H,1H3. The average Bonchev–Trinajstić information content (AvgIpc) is 3.84. The molecule has 4 heterocycles. The number of benzene rings is 7. The summed E-state index contributed by atoms with van der Waals surface area (Å²) in [5.41, 5.74) is 12.8. The van der Waals surface area contributed by atoms with Gasteiger partial charge in [0.15, 0.2) is 5.82 Å². The van der Waals surface area contributed by atoms with Crippen molar-refractivity contribution in [3.63, 3.8) is 0 Å². The lowest BCUT2D eigenvalue weighted by atomic mass is 9.99. The molecule has 0 spiro atoms. The van der Waals surface area contributed by atoms with E-state index in [9.17, 15) is 0 Å². The van der Waals surface area contributed by atoms with Crippen LogP contribution in [0.5, 0.6) is 0 Å². The topological polar surface area (TPSA) is 67.7 Å². The molecule has 6 heteroatoms. The predicted molar refractivity (Wildman–Crippen MR) is 231 cm³/mol. The average molecular weight is 735 g/mol. The highest BCUT2D eigenvalue weighted by molar-refractivity contribution is 6.19. The fourth-order valence-corrected chi connectivity index (χ4v) is 8.13. The minimum atomic E-state index is -0.202. The predicted octanol–water partition coefficient (Wildman–Crippen LogP) is 12.8. The van der Waals surface area contributed by atoms with E-state index in [1.165, 1.54) is 0 Å². The van der Waals surface area contributed by atoms with E-state index in [4.69, 9.17) is 23.8 Å². The number of para-hydroxylation sites is 2. The number of fused-ring (bicyclic) bond motifs is 6. The van der Waals surface area contributed by atoms with Crippen molar-refractivity contribution in [2.75, 3.05) is 7.05 Å². The van der Waals surface area contributed by atoms with Gasteiger partial charge in [0.2, 0.25) is 0 Å². The van der Waals surface area contributed by atoms with Crippen molar-refractivity contribution >= 4 is 55.3 Å². The molecular formula is C51H34N4O2. The van der Waals surface area contributed by atoms with Gasteiger partial charge in [-0.1, -0.05) is 146 Å². The molecule has 0 amide bonds. The Labute approximate surface area is 328 Å². The fraction of sp³-hybridized carbons (Fsp3) is 0.0392. The maximum absolute atomic E-state index is 6.83. The number of aliphatic imine (C=N–C) groups is 1. The van der Waals surface area contributed by atoms with Gasteiger partial charge in [0.1, 0.15) is 28.5 Å². The minimum absolute atomic E-state index is 0.202. The summed E-state index contributed by atoms with van der Waals surface area (Å²) in [6, 6.07) is 60.2. The Morgan fingerprint density at radius 3 is 1.67 bits per heavy atom. The van der Waals surface area contributed by atoms with Crippen LogP contribution in [0, 0.1) is 0 Å². The summed E-state index contributed by atoms with van der Waals surface area (Å²) < 4.78 is 13.6. The van der Waals surface area contributed by atoms with E-state index in [0.717, 1.165) is 100 Å². The Morgan fingerprint density at radius 1 is 0.474 bits per heavy atom. The lowest BCUT2D eigenvalue weighted by molar-refractivity contribution is 0.364. The minimum Gasteiger partial charge on any atom is -0.455 e. The van der Waals surface area contributed by atoms with Crippen LogP contribution in [0.1, 0.15) is 22.9 Å². The van der Waals surface area contributed by atoms with Crippen LogP contribution in [0.2, 0.25) is 0 Å². The van der Waals surface area contributed by atoms with Crippen molar-refractivity contribution in [2.45, 2.75) is 6.17 Å². The van der Waals surface area contributed by atoms with Crippen molar-refractivity contribution in [3.05, 3.63) is 199 Å². The van der Waals surface area contributed by atoms with Crippen LogP contribution in [-0.2, 0) is 0 Å². The molecule has 0 saturated carbocycles. The number of hydrogen-bond donors (Lipinski definition) is 0. The van der Waals surface area contributed by atoms with Gasteiger partial charge in [-0.25, -0.2) is 9.97 Å². The molecule has 7 aromatic carbocycles. The molecule has 1 aliphatic rings. The van der Waals surface area contributed by atoms with Crippen LogP contribution < -0.4 is 0 Å². The zero-order valence-corrected chi connectivity index (χ0v) is 31.0. The van der Waals surface area contributed by atoms with E-state index < -0.39 is 0 Å². The monoisotopic (exact) mass is 734 g/mol. The molecule has 0 radical (unpaired) electrons. The molecule has 57 heavy (non-hydrogen) atoms. The first kappa shape index (κ1) is 32.8. The molecule has 0 saturated heterocycles. The molecule has 1 atom stereocenters. The van der Waals surface area contributed by atoms with Crippen LogP contribution in [0.25, 0.3) is 83.5 Å². The van der Waals surface area contributed by atoms with E-state index in [0.29, 0.717) is 5.82 Å². The molecule has 0 N–H and O–H groups in total. The normalized spacial score (nSPS) is 14.4. The summed E-state index contributed by atoms with van der Waals surface area (Å²) in [5, 5.41) is 4.10. The SMILES string of the molecule is CN1C(c2cccc3c2oc2cc4oc5c(-c6cc(-c7ccccc7)nc(-c7ccccc7)n6)cccc5c4cc23)=CC(c2ccccc2)=NC1c1ccccc1. The second kappa shape index (κ2) is 13.3. The van der Waals surface area contributed by atoms with Gasteiger partial charge >= 0.3 is 0 Å². The van der Waals surface area contributed by atoms with Gasteiger partial charge in [0.05, 0.1) is 22.8 Å². The molecule has 6 nitrogen and oxygen atoms in total. The zero-order valence-electron chi connectivity index (χ0n) is 31.0. The summed E-state index contributed by atoms with van der Waals surface area (Å²) in [4.78, 5) is 17.6. The first-order valence-electron chi connectivity index (χ1n) is 19.1. The second-order valence-corrected chi connectivity index (χ2v) is 14.4. The van der Waals surface area contributed by atoms with Crippen LogP contribution in [-0.4, -0.2) is 27.6 Å². The maximum Gasteiger partial charge on any atom is 0.160 e. The van der Waals surface area contributed by atoms with Crippen LogP contribution in [0.4, 0.5) is 0 Å². The number of nitrogens with zero attached hydrogens (tertiary/aromatic N) is 4. The number of allylic oxidation sites excluding steroid dienone is 1. The third-order valence-corrected chi connectivity index (χ3v) is 10.9. The van der Waals surface area contributed by atoms with Crippen molar-refractivity contribution in [2.24, 2.45) is 4.99 Å². The van der Waals surface area contributed by atoms with E-state index in [1.807, 2.05) is 66.7 Å². The van der Waals surface area contributed by atoms with Crippen molar-refractivity contribution < 1.29 is 8.83 Å². The van der Waals surface area contributed by atoms with Crippen molar-refractivity contribution in [3.8, 4) is 33.9 Å². The maximum atomic E-state index is 6.83. The van der Waals surface area contributed by atoms with Gasteiger partial charge in [-0.3, -0.25) is 4.99 Å². The third-order valence-electron chi connectivity index (χ3n) is 10.9. The van der Waals surface area contributed by atoms with Crippen LogP contribution in [0.15, 0.2) is 196 Å². The Bertz CT molecular complexity index is 3130. The summed E-state index contributed by atoms with van der Waals surface area (Å²) in [6.45, 7) is 0. The number of furan rings is 2. The Hall–Kier alpha value is -7.57. The van der Waals surface area contributed by atoms with E-state index in [2.05, 4.69) is 127 Å². The molecule has 0 fully saturated rings. The number of rotatable bonds is 6. The molecule has 1 unspecified atom stereocenters. The highest BCUT2D eigenvalue weighted by atomic mass is 16.3. The number of hydrogen-bond acceptors (Lipinski definition) is 6. The van der Waals surface area contributed by atoms with Gasteiger partial charge in [-0.05, 0) is 41.5 Å². The Morgan fingerprint density at radius 2 is 1.02 bits per heavy atom. The third kappa shape index (κ3) is 5.61. The molecule has 0 aliphatic carbocycles. The summed E-state index contributed by atoms with van der Waals surface area (Å²) in [7, 11) is 2.11. The van der Waals surface area contributed by atoms with Crippen LogP contribution in [0.3, 0.4) is 0 Å². The quantitative estimate of drug-likeness (QED) is 0.170. The molecule has 1 aliphatic heterocycles. The summed E-state index contributed by atoms with van der Waals surface area (Å²) >= 11 is 0. The highest BCUT2D eigenvalue weighted by Gasteiger charge is 2.28. The highest BCUT2D eigenvalue weighted by Crippen LogP contribution is 2.43. The second-order valence-electron chi connectivity index (χ2n) is 14.4. The summed E-state index contributed by atoms with van der Waals surface area (Å²) in [5.74, 6) is 0.663. The smallest absolute Gasteiger partial charge is 0.160 e. The van der Waals surface area contributed by atoms with Gasteiger partial charge in [-0.2, -0.15) is 0 Å². The van der Waals surface area contributed by atoms with E-state index in [-0.39, 0.29) is 6.17 Å². The molecule has 3 aromatic heterocycles. The molecular weight excluding hydrogens is 701 g/mol. The van der Waals surface area contributed by atoms with Gasteiger partial charge < -0.3 is 13.7 Å². The molecule has 10 aromatic rings. The zero-order chi connectivity index (χ0) is 37.9. The van der Waals surface area contributed by atoms with Gasteiger partial charge in [0.25, 0.3) is 0 Å². The van der Waals surface area contributed by atoms with Gasteiger partial charge in [0, 0.05) is 56.9 Å². The molecule has 0 bridgehead atoms.